The Kier molecular flexibility index (Phi) is 6.82. The monoisotopic (exact) mass is 435 g/mol. The highest BCUT2D eigenvalue weighted by Crippen LogP contribution is 2.22. The van der Waals surface area contributed by atoms with Gasteiger partial charge in [-0.2, -0.15) is 0 Å². The topological polar surface area (TPSA) is 81.9 Å². The van der Waals surface area contributed by atoms with Crippen LogP contribution in [0.15, 0.2) is 28.6 Å². The minimum atomic E-state index is -0.248. The van der Waals surface area contributed by atoms with Crippen LogP contribution in [0.1, 0.15) is 80.5 Å². The average molecular weight is 436 g/mol. The molecule has 0 atom stereocenters. The lowest BCUT2D eigenvalue weighted by molar-refractivity contribution is -0.000178. The first kappa shape index (κ1) is 22.4. The maximum absolute atomic E-state index is 5.73. The lowest BCUT2D eigenvalue weighted by Crippen LogP contribution is -2.25. The van der Waals surface area contributed by atoms with Crippen molar-refractivity contribution in [3.05, 3.63) is 52.4 Å². The second kappa shape index (κ2) is 9.76. The van der Waals surface area contributed by atoms with E-state index in [1.165, 1.54) is 24.0 Å². The van der Waals surface area contributed by atoms with E-state index in [1.807, 2.05) is 20.0 Å². The highest BCUT2D eigenvalue weighted by molar-refractivity contribution is 6.00. The Morgan fingerprint density at radius 3 is 2.62 bits per heavy atom. The predicted octanol–water partition coefficient (Wildman–Crippen LogP) is 4.58. The van der Waals surface area contributed by atoms with Gasteiger partial charge in [-0.3, -0.25) is 4.98 Å². The molecule has 2 heterocycles. The predicted molar refractivity (Wildman–Crippen MR) is 125 cm³/mol. The molecule has 0 N–H and O–H groups in total. The fraction of sp³-hybridized carbons (Fsp3) is 0.560. The molecule has 170 valence electrons. The second-order valence-electron chi connectivity index (χ2n) is 9.61. The molecule has 0 spiro atoms. The summed E-state index contributed by atoms with van der Waals surface area (Å²) in [5, 5.41) is 8.68. The van der Waals surface area contributed by atoms with Crippen LogP contribution in [0.3, 0.4) is 0 Å². The number of oxime groups is 2. The van der Waals surface area contributed by atoms with E-state index in [1.54, 1.807) is 0 Å². The van der Waals surface area contributed by atoms with Crippen molar-refractivity contribution in [3.8, 4) is 0 Å². The van der Waals surface area contributed by atoms with Crippen LogP contribution in [0, 0.1) is 12.3 Å². The molecular formula is C25H33N5O2. The van der Waals surface area contributed by atoms with Crippen LogP contribution < -0.4 is 0 Å². The minimum Gasteiger partial charge on any atom is -0.395 e. The molecule has 0 aliphatic heterocycles. The van der Waals surface area contributed by atoms with Crippen molar-refractivity contribution in [1.29, 1.82) is 0 Å². The van der Waals surface area contributed by atoms with Gasteiger partial charge in [-0.1, -0.05) is 30.2 Å². The highest BCUT2D eigenvalue weighted by Gasteiger charge is 2.22. The van der Waals surface area contributed by atoms with E-state index < -0.39 is 0 Å². The van der Waals surface area contributed by atoms with Gasteiger partial charge in [0.2, 0.25) is 0 Å². The molecule has 0 radical (unpaired) electrons. The molecule has 0 amide bonds. The molecular weight excluding hydrogens is 402 g/mol. The molecule has 0 saturated carbocycles. The molecule has 4 rings (SSSR count). The number of nitrogens with zero attached hydrogens (tertiary/aromatic N) is 5. The number of fused-ring (bicyclic) bond motifs is 2. The summed E-state index contributed by atoms with van der Waals surface area (Å²) in [7, 11) is 0. The number of aryl methyl sites for hydroxylation is 4. The smallest absolute Gasteiger partial charge is 0.177 e. The van der Waals surface area contributed by atoms with Crippen molar-refractivity contribution < 1.29 is 9.68 Å². The third kappa shape index (κ3) is 5.50. The Bertz CT molecular complexity index is 1030. The first-order valence-corrected chi connectivity index (χ1v) is 11.6. The van der Waals surface area contributed by atoms with Crippen LogP contribution in [0.5, 0.6) is 0 Å². The Morgan fingerprint density at radius 1 is 0.969 bits per heavy atom. The molecule has 0 fully saturated rings. The highest BCUT2D eigenvalue weighted by atomic mass is 16.6. The molecule has 0 aromatic carbocycles. The van der Waals surface area contributed by atoms with Gasteiger partial charge in [-0.15, -0.1) is 0 Å². The van der Waals surface area contributed by atoms with Crippen LogP contribution in [-0.2, 0) is 28.9 Å². The van der Waals surface area contributed by atoms with Gasteiger partial charge in [0.15, 0.2) is 5.82 Å². The zero-order chi connectivity index (χ0) is 22.6. The standard InChI is InChI=1S/C25H33N5O2/c1-17-12-13-19-9-7-11-22(23(19)27-17)30-32-16-25(3,4)15-31-29-18(2)24-26-14-20-8-5-6-10-21(20)28-24/h12-14H,5-11,15-16H2,1-4H3/b29-18+,30-22+. The number of hydrogen-bond donors (Lipinski definition) is 0. The number of pyridine rings is 1. The summed E-state index contributed by atoms with van der Waals surface area (Å²) >= 11 is 0. The zero-order valence-corrected chi connectivity index (χ0v) is 19.6. The molecule has 32 heavy (non-hydrogen) atoms. The van der Waals surface area contributed by atoms with E-state index in [0.717, 1.165) is 54.9 Å². The average Bonchev–Trinajstić information content (AvgIpc) is 2.78. The number of hydrogen-bond acceptors (Lipinski definition) is 7. The Balaban J connectivity index is 1.31. The van der Waals surface area contributed by atoms with Crippen molar-refractivity contribution >= 4 is 11.4 Å². The molecule has 2 aliphatic rings. The van der Waals surface area contributed by atoms with Gasteiger partial charge in [0.05, 0.1) is 5.69 Å². The molecule has 7 heteroatoms. The van der Waals surface area contributed by atoms with E-state index in [2.05, 4.69) is 51.2 Å². The van der Waals surface area contributed by atoms with Crippen LogP contribution >= 0.6 is 0 Å². The van der Waals surface area contributed by atoms with Crippen molar-refractivity contribution in [1.82, 2.24) is 15.0 Å². The molecule has 0 saturated heterocycles. The fourth-order valence-electron chi connectivity index (χ4n) is 4.01. The largest absolute Gasteiger partial charge is 0.395 e. The summed E-state index contributed by atoms with van der Waals surface area (Å²) in [6.45, 7) is 8.88. The van der Waals surface area contributed by atoms with Crippen LogP contribution in [0.25, 0.3) is 0 Å². The Hall–Kier alpha value is -2.83. The van der Waals surface area contributed by atoms with Gasteiger partial charge in [0.1, 0.15) is 24.6 Å². The van der Waals surface area contributed by atoms with Gasteiger partial charge in [0, 0.05) is 23.0 Å². The lowest BCUT2D eigenvalue weighted by atomic mass is 9.94. The quantitative estimate of drug-likeness (QED) is 0.469. The summed E-state index contributed by atoms with van der Waals surface area (Å²) in [6.07, 6.45) is 9.45. The molecule has 0 bridgehead atoms. The molecule has 7 nitrogen and oxygen atoms in total. The first-order valence-electron chi connectivity index (χ1n) is 11.6. The normalized spacial score (nSPS) is 17.6. The molecule has 0 unspecified atom stereocenters. The van der Waals surface area contributed by atoms with Crippen molar-refractivity contribution in [2.75, 3.05) is 13.2 Å². The third-order valence-electron chi connectivity index (χ3n) is 5.93. The Labute approximate surface area is 190 Å². The van der Waals surface area contributed by atoms with E-state index in [-0.39, 0.29) is 5.41 Å². The second-order valence-corrected chi connectivity index (χ2v) is 9.61. The van der Waals surface area contributed by atoms with Gasteiger partial charge in [-0.25, -0.2) is 9.97 Å². The van der Waals surface area contributed by atoms with Crippen LogP contribution in [0.2, 0.25) is 0 Å². The van der Waals surface area contributed by atoms with E-state index in [0.29, 0.717) is 24.7 Å². The molecule has 2 aromatic heterocycles. The number of rotatable bonds is 7. The molecule has 2 aromatic rings. The summed E-state index contributed by atoms with van der Waals surface area (Å²) < 4.78 is 0. The summed E-state index contributed by atoms with van der Waals surface area (Å²) in [5.41, 5.74) is 7.03. The van der Waals surface area contributed by atoms with E-state index in [9.17, 15) is 0 Å². The fourth-order valence-corrected chi connectivity index (χ4v) is 4.01. The maximum Gasteiger partial charge on any atom is 0.177 e. The molecule has 2 aliphatic carbocycles. The van der Waals surface area contributed by atoms with E-state index in [4.69, 9.17) is 9.68 Å². The van der Waals surface area contributed by atoms with Crippen LogP contribution in [-0.4, -0.2) is 39.6 Å². The minimum absolute atomic E-state index is 0.248. The zero-order valence-electron chi connectivity index (χ0n) is 19.6. The van der Waals surface area contributed by atoms with Gasteiger partial charge < -0.3 is 9.68 Å². The van der Waals surface area contributed by atoms with Crippen LogP contribution in [0.4, 0.5) is 0 Å². The summed E-state index contributed by atoms with van der Waals surface area (Å²) in [5.74, 6) is 0.643. The maximum atomic E-state index is 5.73. The van der Waals surface area contributed by atoms with Crippen molar-refractivity contribution in [2.24, 2.45) is 15.7 Å². The van der Waals surface area contributed by atoms with Gasteiger partial charge in [-0.05, 0) is 76.0 Å². The van der Waals surface area contributed by atoms with E-state index >= 15 is 0 Å². The first-order chi connectivity index (χ1) is 15.4. The van der Waals surface area contributed by atoms with Crippen molar-refractivity contribution in [3.63, 3.8) is 0 Å². The summed E-state index contributed by atoms with van der Waals surface area (Å²) in [4.78, 5) is 25.2. The van der Waals surface area contributed by atoms with Gasteiger partial charge in [0.25, 0.3) is 0 Å². The lowest BCUT2D eigenvalue weighted by Gasteiger charge is -2.22. The summed E-state index contributed by atoms with van der Waals surface area (Å²) in [6, 6.07) is 4.21. The van der Waals surface area contributed by atoms with Crippen molar-refractivity contribution in [2.45, 2.75) is 72.6 Å². The Morgan fingerprint density at radius 2 is 1.75 bits per heavy atom. The SMILES string of the molecule is C/C(=N\OCC(C)(C)CO/N=C1\CCCc2ccc(C)nc21)c1ncc2c(n1)CCCC2. The third-order valence-corrected chi connectivity index (χ3v) is 5.93. The number of aromatic nitrogens is 3. The van der Waals surface area contributed by atoms with Gasteiger partial charge >= 0.3 is 0 Å².